The molecule has 88 valence electrons. The van der Waals surface area contributed by atoms with Crippen LogP contribution >= 0.6 is 12.2 Å². The quantitative estimate of drug-likeness (QED) is 0.475. The Kier molecular flexibility index (Phi) is 3.20. The summed E-state index contributed by atoms with van der Waals surface area (Å²) in [6.07, 6.45) is 0. The van der Waals surface area contributed by atoms with Crippen molar-refractivity contribution in [2.24, 2.45) is 0 Å². The highest BCUT2D eigenvalue weighted by Crippen LogP contribution is 2.06. The molecule has 0 atom stereocenters. The average molecular weight is 249 g/mol. The van der Waals surface area contributed by atoms with E-state index in [1.54, 1.807) is 0 Å². The maximum absolute atomic E-state index is 10.8. The molecule has 2 rings (SSSR count). The van der Waals surface area contributed by atoms with E-state index in [-0.39, 0.29) is 5.69 Å². The first kappa shape index (κ1) is 11.3. The number of nitrogens with one attached hydrogen (secondary N) is 4. The van der Waals surface area contributed by atoms with Crippen molar-refractivity contribution in [3.63, 3.8) is 0 Å². The fraction of sp³-hybridized carbons (Fsp3) is 0.100. The van der Waals surface area contributed by atoms with Crippen LogP contribution in [0, 0.1) is 6.92 Å². The second-order valence-corrected chi connectivity index (χ2v) is 3.88. The van der Waals surface area contributed by atoms with Gasteiger partial charge in [-0.2, -0.15) is 0 Å². The maximum atomic E-state index is 10.8. The number of rotatable bonds is 3. The maximum Gasteiger partial charge on any atom is 0.340 e. The Balaban J connectivity index is 1.96. The highest BCUT2D eigenvalue weighted by Gasteiger charge is 2.04. The lowest BCUT2D eigenvalue weighted by Crippen LogP contribution is -2.29. The third-order valence-electron chi connectivity index (χ3n) is 2.09. The van der Waals surface area contributed by atoms with Crippen LogP contribution in [0.15, 0.2) is 29.1 Å². The summed E-state index contributed by atoms with van der Waals surface area (Å²) in [5, 5.41) is 5.94. The second-order valence-electron chi connectivity index (χ2n) is 3.47. The highest BCUT2D eigenvalue weighted by atomic mass is 32.1. The van der Waals surface area contributed by atoms with Crippen molar-refractivity contribution in [3.05, 3.63) is 46.1 Å². The minimum Gasteiger partial charge on any atom is -0.300 e. The molecule has 1 heterocycles. The van der Waals surface area contributed by atoms with Gasteiger partial charge in [0, 0.05) is 0 Å². The van der Waals surface area contributed by atoms with Crippen LogP contribution in [0.1, 0.15) is 11.4 Å². The predicted octanol–water partition coefficient (Wildman–Crippen LogP) is 0.699. The van der Waals surface area contributed by atoms with Crippen LogP contribution in [0.2, 0.25) is 0 Å². The molecule has 0 radical (unpaired) electrons. The number of H-pyrrole nitrogens is 2. The number of nitrogens with zero attached hydrogens (tertiary/aromatic N) is 1. The number of hydrogen-bond donors (Lipinski definition) is 4. The van der Waals surface area contributed by atoms with Crippen LogP contribution in [0.5, 0.6) is 0 Å². The second kappa shape index (κ2) is 4.79. The lowest BCUT2D eigenvalue weighted by Gasteiger charge is -2.08. The zero-order chi connectivity index (χ0) is 12.3. The molecule has 0 saturated heterocycles. The number of benzene rings is 1. The van der Waals surface area contributed by atoms with Gasteiger partial charge in [-0.1, -0.05) is 29.9 Å². The van der Waals surface area contributed by atoms with Crippen molar-refractivity contribution in [2.75, 3.05) is 5.43 Å². The van der Waals surface area contributed by atoms with E-state index in [1.165, 1.54) is 5.56 Å². The molecule has 0 aliphatic heterocycles. The third-order valence-corrected chi connectivity index (χ3v) is 2.38. The van der Waals surface area contributed by atoms with E-state index in [0.717, 1.165) is 5.69 Å². The molecule has 2 aromatic rings. The van der Waals surface area contributed by atoms with Crippen LogP contribution < -0.4 is 16.5 Å². The monoisotopic (exact) mass is 249 g/mol. The average Bonchev–Trinajstić information content (AvgIpc) is 2.75. The van der Waals surface area contributed by atoms with Gasteiger partial charge in [0.05, 0.1) is 5.69 Å². The molecular formula is C10H11N5OS. The van der Waals surface area contributed by atoms with Crippen LogP contribution in [0.25, 0.3) is 0 Å². The van der Waals surface area contributed by atoms with Gasteiger partial charge in [-0.05, 0) is 19.1 Å². The summed E-state index contributed by atoms with van der Waals surface area (Å²) < 4.78 is 0. The number of aryl methyl sites for hydroxylation is 1. The highest BCUT2D eigenvalue weighted by molar-refractivity contribution is 7.80. The molecule has 4 N–H and O–H groups in total. The Bertz CT molecular complexity index is 571. The van der Waals surface area contributed by atoms with Crippen molar-refractivity contribution in [2.45, 2.75) is 6.92 Å². The van der Waals surface area contributed by atoms with Crippen LogP contribution in [-0.4, -0.2) is 20.2 Å². The molecule has 6 nitrogen and oxygen atoms in total. The van der Waals surface area contributed by atoms with Crippen molar-refractivity contribution < 1.29 is 0 Å². The van der Waals surface area contributed by atoms with Gasteiger partial charge in [-0.25, -0.2) is 9.89 Å². The van der Waals surface area contributed by atoms with Gasteiger partial charge in [0.25, 0.3) is 0 Å². The number of aromatic amines is 2. The number of aromatic nitrogens is 3. The van der Waals surface area contributed by atoms with E-state index in [4.69, 9.17) is 12.2 Å². The first-order valence-electron chi connectivity index (χ1n) is 4.93. The van der Waals surface area contributed by atoms with Crippen LogP contribution in [-0.2, 0) is 0 Å². The van der Waals surface area contributed by atoms with Gasteiger partial charge >= 0.3 is 5.69 Å². The number of thiocarbonyl (C=S) groups is 1. The predicted molar refractivity (Wildman–Crippen MR) is 68.8 cm³/mol. The molecule has 17 heavy (non-hydrogen) atoms. The third kappa shape index (κ3) is 2.91. The van der Waals surface area contributed by atoms with Gasteiger partial charge in [0.2, 0.25) is 0 Å². The van der Waals surface area contributed by atoms with E-state index < -0.39 is 0 Å². The van der Waals surface area contributed by atoms with Crippen molar-refractivity contribution in [3.8, 4) is 0 Å². The molecule has 0 fully saturated rings. The van der Waals surface area contributed by atoms with Crippen LogP contribution in [0.3, 0.4) is 0 Å². The van der Waals surface area contributed by atoms with E-state index in [2.05, 4.69) is 26.0 Å². The Labute approximate surface area is 102 Å². The van der Waals surface area contributed by atoms with Gasteiger partial charge in [0.15, 0.2) is 10.8 Å². The largest absolute Gasteiger partial charge is 0.340 e. The molecule has 7 heteroatoms. The molecule has 1 aromatic heterocycles. The summed E-state index contributed by atoms with van der Waals surface area (Å²) in [4.78, 5) is 13.6. The summed E-state index contributed by atoms with van der Waals surface area (Å²) >= 11 is 5.03. The van der Waals surface area contributed by atoms with Crippen molar-refractivity contribution >= 4 is 22.9 Å². The minimum absolute atomic E-state index is 0.296. The van der Waals surface area contributed by atoms with Gasteiger partial charge in [0.1, 0.15) is 0 Å². The van der Waals surface area contributed by atoms with E-state index in [0.29, 0.717) is 10.8 Å². The molecule has 0 aliphatic rings. The summed E-state index contributed by atoms with van der Waals surface area (Å²) in [5.41, 5.74) is 7.35. The molecule has 0 bridgehead atoms. The summed E-state index contributed by atoms with van der Waals surface area (Å²) in [6, 6.07) is 7.78. The Morgan fingerprint density at radius 3 is 2.65 bits per heavy atom. The molecule has 0 spiro atoms. The first-order chi connectivity index (χ1) is 8.15. The number of hydrazine groups is 1. The Morgan fingerprint density at radius 2 is 2.06 bits per heavy atom. The van der Waals surface area contributed by atoms with Gasteiger partial charge in [-0.3, -0.25) is 10.4 Å². The van der Waals surface area contributed by atoms with E-state index in [9.17, 15) is 4.79 Å². The van der Waals surface area contributed by atoms with Gasteiger partial charge < -0.3 is 5.43 Å². The fourth-order valence-corrected chi connectivity index (χ4v) is 1.35. The summed E-state index contributed by atoms with van der Waals surface area (Å²) in [5.74, 6) is 0.296. The minimum atomic E-state index is -0.389. The van der Waals surface area contributed by atoms with Crippen molar-refractivity contribution in [1.29, 1.82) is 0 Å². The zero-order valence-electron chi connectivity index (χ0n) is 9.07. The molecule has 0 aliphatic carbocycles. The smallest absolute Gasteiger partial charge is 0.300 e. The molecule has 1 aromatic carbocycles. The molecule has 0 saturated carbocycles. The van der Waals surface area contributed by atoms with Crippen LogP contribution in [0.4, 0.5) is 5.69 Å². The topological polar surface area (TPSA) is 85.6 Å². The van der Waals surface area contributed by atoms with Crippen molar-refractivity contribution in [1.82, 2.24) is 20.6 Å². The normalized spacial score (nSPS) is 9.94. The van der Waals surface area contributed by atoms with Gasteiger partial charge in [-0.15, -0.1) is 5.10 Å². The first-order valence-corrected chi connectivity index (χ1v) is 5.34. The lowest BCUT2D eigenvalue weighted by molar-refractivity contribution is 1.03. The SMILES string of the molecule is Cc1ccc(NNC(=S)c2n[nH]c(=O)[nH]2)cc1. The molecule has 0 amide bonds. The van der Waals surface area contributed by atoms with E-state index >= 15 is 0 Å². The molecular weight excluding hydrogens is 238 g/mol. The number of hydrogen-bond acceptors (Lipinski definition) is 4. The Hall–Kier alpha value is -2.15. The molecule has 0 unspecified atom stereocenters. The standard InChI is InChI=1S/C10H11N5OS/c1-6-2-4-7(5-3-6)12-14-9(17)8-11-10(16)15-13-8/h2-5,12H,1H3,(H,14,17)(H2,11,13,15,16). The summed E-state index contributed by atoms with van der Waals surface area (Å²) in [7, 11) is 0. The lowest BCUT2D eigenvalue weighted by atomic mass is 10.2. The van der Waals surface area contributed by atoms with E-state index in [1.807, 2.05) is 31.2 Å². The fourth-order valence-electron chi connectivity index (χ4n) is 1.20. The Morgan fingerprint density at radius 1 is 1.35 bits per heavy atom. The number of anilines is 1. The zero-order valence-corrected chi connectivity index (χ0v) is 9.89. The summed E-state index contributed by atoms with van der Waals surface area (Å²) in [6.45, 7) is 2.01.